The van der Waals surface area contributed by atoms with Crippen molar-refractivity contribution in [3.8, 4) is 11.5 Å². The first kappa shape index (κ1) is 18.1. The number of alkyl halides is 2. The Hall–Kier alpha value is -2.74. The molecule has 2 aromatic carbocycles. The molecule has 0 bridgehead atoms. The van der Waals surface area contributed by atoms with E-state index in [0.29, 0.717) is 11.1 Å². The highest BCUT2D eigenvalue weighted by atomic mass is 79.9. The molecule has 0 amide bonds. The van der Waals surface area contributed by atoms with E-state index in [2.05, 4.69) is 25.7 Å². The number of esters is 1. The highest BCUT2D eigenvalue weighted by Gasteiger charge is 2.24. The van der Waals surface area contributed by atoms with Gasteiger partial charge >= 0.3 is 12.6 Å². The quantitative estimate of drug-likeness (QED) is 0.528. The summed E-state index contributed by atoms with van der Waals surface area (Å²) in [7, 11) is 1.33. The second-order valence-electron chi connectivity index (χ2n) is 5.13. The van der Waals surface area contributed by atoms with Crippen molar-refractivity contribution in [2.75, 3.05) is 7.11 Å². The maximum Gasteiger partial charge on any atom is 0.387 e. The monoisotopic (exact) mass is 423 g/mol. The molecule has 0 radical (unpaired) electrons. The lowest BCUT2D eigenvalue weighted by molar-refractivity contribution is -0.129. The molecule has 0 aliphatic carbocycles. The zero-order valence-corrected chi connectivity index (χ0v) is 15.0. The first-order valence-corrected chi connectivity index (χ1v) is 8.17. The lowest BCUT2D eigenvalue weighted by atomic mass is 10.1. The normalized spacial score (nSPS) is 15.2. The molecule has 0 atom stereocenters. The Labute approximate surface area is 156 Å². The Morgan fingerprint density at radius 3 is 2.54 bits per heavy atom. The first-order valence-electron chi connectivity index (χ1n) is 7.37. The van der Waals surface area contributed by atoms with E-state index >= 15 is 0 Å². The van der Waals surface area contributed by atoms with Crippen LogP contribution in [0, 0.1) is 0 Å². The van der Waals surface area contributed by atoms with Crippen molar-refractivity contribution in [1.29, 1.82) is 0 Å². The molecule has 0 unspecified atom stereocenters. The van der Waals surface area contributed by atoms with E-state index in [1.54, 1.807) is 24.3 Å². The van der Waals surface area contributed by atoms with Crippen LogP contribution in [-0.2, 0) is 9.53 Å². The molecule has 2 aromatic rings. The molecule has 3 rings (SSSR count). The van der Waals surface area contributed by atoms with Crippen LogP contribution >= 0.6 is 15.9 Å². The number of hydrogen-bond acceptors (Lipinski definition) is 5. The lowest BCUT2D eigenvalue weighted by Crippen LogP contribution is -2.05. The van der Waals surface area contributed by atoms with Gasteiger partial charge < -0.3 is 14.2 Å². The van der Waals surface area contributed by atoms with Gasteiger partial charge in [-0.2, -0.15) is 8.78 Å². The van der Waals surface area contributed by atoms with Crippen LogP contribution in [0.1, 0.15) is 11.1 Å². The van der Waals surface area contributed by atoms with Gasteiger partial charge in [-0.1, -0.05) is 22.0 Å². The minimum Gasteiger partial charge on any atom is -0.493 e. The van der Waals surface area contributed by atoms with Crippen molar-refractivity contribution in [3.63, 3.8) is 0 Å². The van der Waals surface area contributed by atoms with E-state index in [1.807, 2.05) is 0 Å². The summed E-state index contributed by atoms with van der Waals surface area (Å²) in [5.74, 6) is -0.394. The van der Waals surface area contributed by atoms with Gasteiger partial charge in [0.15, 0.2) is 17.2 Å². The lowest BCUT2D eigenvalue weighted by Gasteiger charge is -2.10. The highest BCUT2D eigenvalue weighted by molar-refractivity contribution is 9.10. The van der Waals surface area contributed by atoms with Crippen LogP contribution in [0.25, 0.3) is 6.08 Å². The van der Waals surface area contributed by atoms with Gasteiger partial charge in [-0.05, 0) is 48.0 Å². The molecular formula is C18H12BrF2NO4. The topological polar surface area (TPSA) is 57.1 Å². The number of cyclic esters (lactones) is 1. The van der Waals surface area contributed by atoms with Crippen molar-refractivity contribution in [3.05, 3.63) is 63.8 Å². The van der Waals surface area contributed by atoms with Crippen molar-refractivity contribution in [2.24, 2.45) is 4.99 Å². The van der Waals surface area contributed by atoms with Gasteiger partial charge in [0.1, 0.15) is 0 Å². The van der Waals surface area contributed by atoms with Gasteiger partial charge in [0.2, 0.25) is 5.90 Å². The number of carbonyl (C=O) groups is 1. The first-order chi connectivity index (χ1) is 12.5. The molecule has 0 fully saturated rings. The van der Waals surface area contributed by atoms with Crippen molar-refractivity contribution in [2.45, 2.75) is 6.61 Å². The average molecular weight is 424 g/mol. The predicted molar refractivity (Wildman–Crippen MR) is 94.4 cm³/mol. The Balaban J connectivity index is 1.89. The van der Waals surface area contributed by atoms with E-state index < -0.39 is 12.6 Å². The largest absolute Gasteiger partial charge is 0.493 e. The maximum absolute atomic E-state index is 12.4. The molecule has 0 saturated heterocycles. The van der Waals surface area contributed by atoms with Crippen molar-refractivity contribution < 1.29 is 27.8 Å². The van der Waals surface area contributed by atoms with Crippen molar-refractivity contribution >= 4 is 33.9 Å². The second kappa shape index (κ2) is 7.65. The second-order valence-corrected chi connectivity index (χ2v) is 6.05. The number of rotatable bonds is 5. The van der Waals surface area contributed by atoms with Gasteiger partial charge in [-0.3, -0.25) is 0 Å². The number of ether oxygens (including phenoxy) is 3. The molecule has 0 aromatic heterocycles. The van der Waals surface area contributed by atoms with Crippen LogP contribution in [0.4, 0.5) is 8.78 Å². The van der Waals surface area contributed by atoms with E-state index in [4.69, 9.17) is 9.47 Å². The van der Waals surface area contributed by atoms with Crippen LogP contribution in [0.5, 0.6) is 11.5 Å². The number of aliphatic imine (C=N–C) groups is 1. The summed E-state index contributed by atoms with van der Waals surface area (Å²) in [4.78, 5) is 16.2. The third-order valence-corrected chi connectivity index (χ3v) is 3.95. The predicted octanol–water partition coefficient (Wildman–Crippen LogP) is 4.40. The molecule has 134 valence electrons. The molecule has 1 aliphatic heterocycles. The number of nitrogens with zero attached hydrogens (tertiary/aromatic N) is 1. The summed E-state index contributed by atoms with van der Waals surface area (Å²) >= 11 is 3.33. The maximum atomic E-state index is 12.4. The SMILES string of the molecule is COc1cc(/C=C2\N=C(c3ccc(Br)cc3)OC2=O)ccc1OC(F)F. The van der Waals surface area contributed by atoms with E-state index in [1.165, 1.54) is 31.4 Å². The number of hydrogen-bond donors (Lipinski definition) is 0. The van der Waals surface area contributed by atoms with E-state index in [-0.39, 0.29) is 23.1 Å². The molecule has 26 heavy (non-hydrogen) atoms. The fourth-order valence-electron chi connectivity index (χ4n) is 2.25. The molecule has 5 nitrogen and oxygen atoms in total. The standard InChI is InChI=1S/C18H12BrF2NO4/c1-24-15-9-10(2-7-14(15)25-18(20)21)8-13-17(23)26-16(22-13)11-3-5-12(19)6-4-11/h2-9,18H,1H3/b13-8-. The van der Waals surface area contributed by atoms with Crippen LogP contribution in [0.15, 0.2) is 57.6 Å². The third kappa shape index (κ3) is 4.08. The molecule has 0 N–H and O–H groups in total. The van der Waals surface area contributed by atoms with Crippen LogP contribution in [-0.4, -0.2) is 25.6 Å². The van der Waals surface area contributed by atoms with Gasteiger partial charge in [-0.25, -0.2) is 9.79 Å². The zero-order valence-electron chi connectivity index (χ0n) is 13.4. The Kier molecular flexibility index (Phi) is 5.32. The van der Waals surface area contributed by atoms with Gasteiger partial charge in [0.05, 0.1) is 7.11 Å². The third-order valence-electron chi connectivity index (χ3n) is 3.42. The summed E-state index contributed by atoms with van der Waals surface area (Å²) in [5.41, 5.74) is 1.27. The van der Waals surface area contributed by atoms with Gasteiger partial charge in [0, 0.05) is 10.0 Å². The smallest absolute Gasteiger partial charge is 0.387 e. The summed E-state index contributed by atoms with van der Waals surface area (Å²) in [6, 6.07) is 11.4. The number of halogens is 3. The molecule has 0 saturated carbocycles. The minimum absolute atomic E-state index is 0.0903. The van der Waals surface area contributed by atoms with Crippen molar-refractivity contribution in [1.82, 2.24) is 0 Å². The highest BCUT2D eigenvalue weighted by Crippen LogP contribution is 2.31. The van der Waals surface area contributed by atoms with E-state index in [0.717, 1.165) is 4.47 Å². The Morgan fingerprint density at radius 2 is 1.88 bits per heavy atom. The number of methoxy groups -OCH3 is 1. The summed E-state index contributed by atoms with van der Waals surface area (Å²) in [5, 5.41) is 0. The van der Waals surface area contributed by atoms with Crippen LogP contribution in [0.2, 0.25) is 0 Å². The fraction of sp³-hybridized carbons (Fsp3) is 0.111. The van der Waals surface area contributed by atoms with Gasteiger partial charge in [0.25, 0.3) is 0 Å². The zero-order chi connectivity index (χ0) is 18.7. The fourth-order valence-corrected chi connectivity index (χ4v) is 2.51. The molecular weight excluding hydrogens is 412 g/mol. The number of carbonyl (C=O) groups excluding carboxylic acids is 1. The average Bonchev–Trinajstić information content (AvgIpc) is 2.97. The molecule has 8 heteroatoms. The van der Waals surface area contributed by atoms with Gasteiger partial charge in [-0.15, -0.1) is 0 Å². The minimum atomic E-state index is -2.96. The summed E-state index contributed by atoms with van der Waals surface area (Å²) in [6.45, 7) is -2.96. The Bertz CT molecular complexity index is 895. The molecule has 0 spiro atoms. The summed E-state index contributed by atoms with van der Waals surface area (Å²) in [6.07, 6.45) is 1.48. The summed E-state index contributed by atoms with van der Waals surface area (Å²) < 4.78 is 40.2. The Morgan fingerprint density at radius 1 is 1.15 bits per heavy atom. The molecule has 1 aliphatic rings. The number of benzene rings is 2. The van der Waals surface area contributed by atoms with E-state index in [9.17, 15) is 13.6 Å². The molecule has 1 heterocycles. The van der Waals surface area contributed by atoms with Crippen LogP contribution in [0.3, 0.4) is 0 Å². The van der Waals surface area contributed by atoms with Crippen LogP contribution < -0.4 is 9.47 Å².